The van der Waals surface area contributed by atoms with Crippen LogP contribution in [0.15, 0.2) is 30.3 Å². The number of halogens is 1. The predicted octanol–water partition coefficient (Wildman–Crippen LogP) is 3.26. The summed E-state index contributed by atoms with van der Waals surface area (Å²) in [4.78, 5) is 8.89. The van der Waals surface area contributed by atoms with E-state index in [0.717, 1.165) is 42.3 Å². The molecule has 2 N–H and O–H groups in total. The second-order valence-electron chi connectivity index (χ2n) is 4.86. The van der Waals surface area contributed by atoms with Gasteiger partial charge < -0.3 is 10.6 Å². The molecule has 0 spiro atoms. The van der Waals surface area contributed by atoms with Crippen LogP contribution in [0, 0.1) is 5.82 Å². The van der Waals surface area contributed by atoms with E-state index in [0.29, 0.717) is 6.54 Å². The summed E-state index contributed by atoms with van der Waals surface area (Å²) < 4.78 is 13.1. The van der Waals surface area contributed by atoms with Crippen LogP contribution in [0.5, 0.6) is 0 Å². The van der Waals surface area contributed by atoms with Gasteiger partial charge in [0, 0.05) is 26.1 Å². The molecule has 0 radical (unpaired) electrons. The summed E-state index contributed by atoms with van der Waals surface area (Å²) in [7, 11) is 1.84. The average molecular weight is 288 g/mol. The summed E-state index contributed by atoms with van der Waals surface area (Å²) in [5.41, 5.74) is 0.971. The molecule has 0 aliphatic heterocycles. The van der Waals surface area contributed by atoms with E-state index in [1.165, 1.54) is 6.07 Å². The number of rotatable bonds is 7. The Morgan fingerprint density at radius 2 is 1.90 bits per heavy atom. The van der Waals surface area contributed by atoms with Crippen LogP contribution in [0.4, 0.5) is 16.0 Å². The van der Waals surface area contributed by atoms with Crippen LogP contribution in [0.25, 0.3) is 0 Å². The van der Waals surface area contributed by atoms with Gasteiger partial charge in [-0.05, 0) is 30.5 Å². The molecule has 21 heavy (non-hydrogen) atoms. The van der Waals surface area contributed by atoms with Crippen molar-refractivity contribution in [3.05, 3.63) is 47.5 Å². The van der Waals surface area contributed by atoms with E-state index >= 15 is 0 Å². The Balaban J connectivity index is 1.97. The quantitative estimate of drug-likeness (QED) is 0.821. The van der Waals surface area contributed by atoms with Gasteiger partial charge in [-0.15, -0.1) is 0 Å². The van der Waals surface area contributed by atoms with E-state index in [1.807, 2.05) is 19.2 Å². The molecule has 0 aliphatic carbocycles. The minimum Gasteiger partial charge on any atom is -0.373 e. The molecule has 1 aromatic heterocycles. The van der Waals surface area contributed by atoms with Crippen molar-refractivity contribution in [2.75, 3.05) is 24.2 Å². The Bertz CT molecular complexity index is 586. The van der Waals surface area contributed by atoms with Crippen molar-refractivity contribution < 1.29 is 4.39 Å². The third-order valence-electron chi connectivity index (χ3n) is 3.11. The van der Waals surface area contributed by atoms with Crippen molar-refractivity contribution in [3.63, 3.8) is 0 Å². The zero-order valence-corrected chi connectivity index (χ0v) is 12.5. The van der Waals surface area contributed by atoms with Gasteiger partial charge >= 0.3 is 0 Å². The van der Waals surface area contributed by atoms with Crippen molar-refractivity contribution in [2.24, 2.45) is 0 Å². The second kappa shape index (κ2) is 7.57. The summed E-state index contributed by atoms with van der Waals surface area (Å²) in [6.45, 7) is 2.81. The lowest BCUT2D eigenvalue weighted by Gasteiger charge is -2.09. The zero-order chi connectivity index (χ0) is 15.1. The number of benzene rings is 1. The number of aromatic nitrogens is 2. The van der Waals surface area contributed by atoms with Gasteiger partial charge in [0.1, 0.15) is 23.3 Å². The standard InChI is InChI=1S/C16H21FN4/c1-3-5-14-20-15(18-2)11-16(21-14)19-9-8-12-6-4-7-13(17)10-12/h4,6-7,10-11H,3,5,8-9H2,1-2H3,(H2,18,19,20,21). The molecule has 0 saturated carbocycles. The summed E-state index contributed by atoms with van der Waals surface area (Å²) in [5.74, 6) is 2.24. The Morgan fingerprint density at radius 1 is 1.10 bits per heavy atom. The lowest BCUT2D eigenvalue weighted by Crippen LogP contribution is -2.09. The first kappa shape index (κ1) is 15.2. The Labute approximate surface area is 124 Å². The molecule has 0 saturated heterocycles. The number of nitrogens with one attached hydrogen (secondary N) is 2. The van der Waals surface area contributed by atoms with Gasteiger partial charge in [-0.3, -0.25) is 0 Å². The minimum atomic E-state index is -0.197. The highest BCUT2D eigenvalue weighted by Crippen LogP contribution is 2.12. The van der Waals surface area contributed by atoms with E-state index in [9.17, 15) is 4.39 Å². The molecule has 0 unspecified atom stereocenters. The van der Waals surface area contributed by atoms with Gasteiger partial charge in [-0.25, -0.2) is 14.4 Å². The fourth-order valence-corrected chi connectivity index (χ4v) is 2.08. The lowest BCUT2D eigenvalue weighted by molar-refractivity contribution is 0.625. The maximum absolute atomic E-state index is 13.1. The molecule has 4 nitrogen and oxygen atoms in total. The normalized spacial score (nSPS) is 10.4. The van der Waals surface area contributed by atoms with Crippen LogP contribution in [0.3, 0.4) is 0 Å². The van der Waals surface area contributed by atoms with Crippen LogP contribution >= 0.6 is 0 Å². The zero-order valence-electron chi connectivity index (χ0n) is 12.5. The van der Waals surface area contributed by atoms with E-state index in [2.05, 4.69) is 27.5 Å². The maximum atomic E-state index is 13.1. The number of hydrogen-bond donors (Lipinski definition) is 2. The molecule has 1 aromatic carbocycles. The Morgan fingerprint density at radius 3 is 2.62 bits per heavy atom. The van der Waals surface area contributed by atoms with E-state index in [4.69, 9.17) is 0 Å². The van der Waals surface area contributed by atoms with E-state index in [1.54, 1.807) is 12.1 Å². The van der Waals surface area contributed by atoms with Crippen LogP contribution in [0.1, 0.15) is 24.7 Å². The monoisotopic (exact) mass is 288 g/mol. The molecule has 0 atom stereocenters. The molecule has 112 valence electrons. The second-order valence-corrected chi connectivity index (χ2v) is 4.86. The molecule has 1 heterocycles. The molecular formula is C16H21FN4. The van der Waals surface area contributed by atoms with E-state index < -0.39 is 0 Å². The van der Waals surface area contributed by atoms with Crippen LogP contribution < -0.4 is 10.6 Å². The van der Waals surface area contributed by atoms with Gasteiger partial charge in [0.05, 0.1) is 0 Å². The largest absolute Gasteiger partial charge is 0.373 e. The molecule has 0 amide bonds. The Hall–Kier alpha value is -2.17. The minimum absolute atomic E-state index is 0.197. The van der Waals surface area contributed by atoms with E-state index in [-0.39, 0.29) is 5.82 Å². The third-order valence-corrected chi connectivity index (χ3v) is 3.11. The number of hydrogen-bond acceptors (Lipinski definition) is 4. The number of anilines is 2. The summed E-state index contributed by atoms with van der Waals surface area (Å²) in [5, 5.41) is 6.31. The van der Waals surface area contributed by atoms with Gasteiger partial charge in [0.15, 0.2) is 0 Å². The average Bonchev–Trinajstić information content (AvgIpc) is 2.47. The Kier molecular flexibility index (Phi) is 5.49. The maximum Gasteiger partial charge on any atom is 0.133 e. The molecule has 2 rings (SSSR count). The molecule has 2 aromatic rings. The van der Waals surface area contributed by atoms with Crippen LogP contribution in [-0.2, 0) is 12.8 Å². The van der Waals surface area contributed by atoms with Crippen molar-refractivity contribution >= 4 is 11.6 Å². The first-order chi connectivity index (χ1) is 10.2. The third kappa shape index (κ3) is 4.70. The first-order valence-electron chi connectivity index (χ1n) is 7.25. The SMILES string of the molecule is CCCc1nc(NC)cc(NCCc2cccc(F)c2)n1. The highest BCUT2D eigenvalue weighted by Gasteiger charge is 2.03. The van der Waals surface area contributed by atoms with Gasteiger partial charge in [-0.1, -0.05) is 19.1 Å². The highest BCUT2D eigenvalue weighted by molar-refractivity contribution is 5.47. The molecular weight excluding hydrogens is 267 g/mol. The smallest absolute Gasteiger partial charge is 0.133 e. The summed E-state index contributed by atoms with van der Waals surface area (Å²) in [6, 6.07) is 8.55. The molecule has 5 heteroatoms. The van der Waals surface area contributed by atoms with Crippen molar-refractivity contribution in [1.29, 1.82) is 0 Å². The molecule has 0 fully saturated rings. The summed E-state index contributed by atoms with van der Waals surface area (Å²) in [6.07, 6.45) is 2.61. The topological polar surface area (TPSA) is 49.8 Å². The first-order valence-corrected chi connectivity index (χ1v) is 7.25. The van der Waals surface area contributed by atoms with Gasteiger partial charge in [0.25, 0.3) is 0 Å². The van der Waals surface area contributed by atoms with Crippen LogP contribution in [0.2, 0.25) is 0 Å². The summed E-state index contributed by atoms with van der Waals surface area (Å²) >= 11 is 0. The fourth-order valence-electron chi connectivity index (χ4n) is 2.08. The molecule has 0 bridgehead atoms. The van der Waals surface area contributed by atoms with Crippen molar-refractivity contribution in [1.82, 2.24) is 9.97 Å². The van der Waals surface area contributed by atoms with Crippen molar-refractivity contribution in [3.8, 4) is 0 Å². The number of aryl methyl sites for hydroxylation is 1. The fraction of sp³-hybridized carbons (Fsp3) is 0.375. The van der Waals surface area contributed by atoms with Crippen LogP contribution in [-0.4, -0.2) is 23.6 Å². The number of nitrogens with zero attached hydrogens (tertiary/aromatic N) is 2. The highest BCUT2D eigenvalue weighted by atomic mass is 19.1. The molecule has 0 aliphatic rings. The van der Waals surface area contributed by atoms with Crippen molar-refractivity contribution in [2.45, 2.75) is 26.2 Å². The van der Waals surface area contributed by atoms with Gasteiger partial charge in [-0.2, -0.15) is 0 Å². The predicted molar refractivity (Wildman–Crippen MR) is 84.2 cm³/mol. The lowest BCUT2D eigenvalue weighted by atomic mass is 10.1. The van der Waals surface area contributed by atoms with Gasteiger partial charge in [0.2, 0.25) is 0 Å².